The number of benzene rings is 6. The van der Waals surface area contributed by atoms with E-state index in [1.165, 1.54) is 0 Å². The molecule has 0 aromatic heterocycles. The summed E-state index contributed by atoms with van der Waals surface area (Å²) >= 11 is 0. The molecule has 43 heavy (non-hydrogen) atoms. The largest absolute Gasteiger partial charge is 0.310 e. The summed E-state index contributed by atoms with van der Waals surface area (Å²) in [4.78, 5) is 4.50. The lowest BCUT2D eigenvalue weighted by Crippen LogP contribution is -2.61. The van der Waals surface area contributed by atoms with Gasteiger partial charge in [0, 0.05) is 22.7 Å². The Morgan fingerprint density at radius 2 is 0.907 bits per heavy atom. The molecular weight excluding hydrogens is 523 g/mol. The fourth-order valence-electron chi connectivity index (χ4n) is 6.76. The molecule has 0 spiro atoms. The standard InChI is InChI=1S/C38H23BN4/c40-24-27-14-10-20-32-37(27)42(30-16-6-2-7-17-30)34-22-29(26-12-4-1-5-13-26)23-35-36(34)39(32)33-21-11-15-28(25-41)38(33)43(35)31-18-8-3-9-19-31/h1-23H. The third-order valence-electron chi connectivity index (χ3n) is 8.49. The van der Waals surface area contributed by atoms with Gasteiger partial charge in [0.05, 0.1) is 22.5 Å². The highest BCUT2D eigenvalue weighted by molar-refractivity contribution is 7.00. The summed E-state index contributed by atoms with van der Waals surface area (Å²) in [6.45, 7) is -0.165. The molecular formula is C38H23BN4. The number of rotatable bonds is 3. The van der Waals surface area contributed by atoms with E-state index < -0.39 is 0 Å². The van der Waals surface area contributed by atoms with E-state index in [-0.39, 0.29) is 6.71 Å². The van der Waals surface area contributed by atoms with Gasteiger partial charge in [-0.15, -0.1) is 0 Å². The second-order valence-electron chi connectivity index (χ2n) is 10.8. The van der Waals surface area contributed by atoms with Crippen LogP contribution in [-0.4, -0.2) is 6.71 Å². The molecule has 0 bridgehead atoms. The van der Waals surface area contributed by atoms with Crippen molar-refractivity contribution >= 4 is 57.2 Å². The van der Waals surface area contributed by atoms with Gasteiger partial charge in [-0.1, -0.05) is 91.0 Å². The molecule has 2 aliphatic heterocycles. The van der Waals surface area contributed by atoms with Crippen molar-refractivity contribution in [3.8, 4) is 23.3 Å². The maximum atomic E-state index is 10.4. The first-order valence-corrected chi connectivity index (χ1v) is 14.3. The van der Waals surface area contributed by atoms with E-state index in [2.05, 4.69) is 94.7 Å². The van der Waals surface area contributed by atoms with E-state index in [0.717, 1.165) is 61.6 Å². The number of nitriles is 2. The Morgan fingerprint density at radius 3 is 1.35 bits per heavy atom. The van der Waals surface area contributed by atoms with Crippen LogP contribution in [0.4, 0.5) is 34.1 Å². The summed E-state index contributed by atoms with van der Waals surface area (Å²) in [5.74, 6) is 0. The molecule has 6 aromatic rings. The monoisotopic (exact) mass is 546 g/mol. The maximum Gasteiger partial charge on any atom is 0.252 e. The van der Waals surface area contributed by atoms with Crippen LogP contribution in [-0.2, 0) is 0 Å². The second-order valence-corrected chi connectivity index (χ2v) is 10.8. The maximum absolute atomic E-state index is 10.4. The van der Waals surface area contributed by atoms with Crippen LogP contribution in [0.2, 0.25) is 0 Å². The summed E-state index contributed by atoms with van der Waals surface area (Å²) in [5, 5.41) is 20.8. The van der Waals surface area contributed by atoms with Crippen molar-refractivity contribution in [3.63, 3.8) is 0 Å². The molecule has 0 saturated carbocycles. The first kappa shape index (κ1) is 24.7. The Bertz CT molecular complexity index is 1980. The van der Waals surface area contributed by atoms with Gasteiger partial charge >= 0.3 is 0 Å². The third kappa shape index (κ3) is 3.70. The van der Waals surface area contributed by atoms with E-state index in [0.29, 0.717) is 11.1 Å². The predicted molar refractivity (Wildman–Crippen MR) is 175 cm³/mol. The summed E-state index contributed by atoms with van der Waals surface area (Å²) in [7, 11) is 0. The molecule has 8 rings (SSSR count). The van der Waals surface area contributed by atoms with E-state index >= 15 is 0 Å². The minimum Gasteiger partial charge on any atom is -0.310 e. The van der Waals surface area contributed by atoms with Gasteiger partial charge in [-0.3, -0.25) is 0 Å². The van der Waals surface area contributed by atoms with Gasteiger partial charge in [-0.25, -0.2) is 0 Å². The number of anilines is 6. The van der Waals surface area contributed by atoms with Gasteiger partial charge in [0.2, 0.25) is 0 Å². The highest BCUT2D eigenvalue weighted by Gasteiger charge is 2.45. The normalized spacial score (nSPS) is 12.5. The van der Waals surface area contributed by atoms with Gasteiger partial charge < -0.3 is 9.80 Å². The van der Waals surface area contributed by atoms with Crippen LogP contribution < -0.4 is 26.2 Å². The zero-order chi connectivity index (χ0) is 28.9. The topological polar surface area (TPSA) is 54.1 Å². The molecule has 6 aromatic carbocycles. The van der Waals surface area contributed by atoms with Crippen molar-refractivity contribution in [2.45, 2.75) is 0 Å². The van der Waals surface area contributed by atoms with Crippen molar-refractivity contribution in [1.82, 2.24) is 0 Å². The molecule has 2 aliphatic rings. The number of nitrogens with zero attached hydrogens (tertiary/aromatic N) is 4. The number of hydrogen-bond acceptors (Lipinski definition) is 4. The molecule has 0 amide bonds. The average Bonchev–Trinajstić information content (AvgIpc) is 3.08. The first-order chi connectivity index (χ1) is 21.3. The number of hydrogen-bond donors (Lipinski definition) is 0. The zero-order valence-electron chi connectivity index (χ0n) is 23.1. The first-order valence-electron chi connectivity index (χ1n) is 14.3. The summed E-state index contributed by atoms with van der Waals surface area (Å²) in [5.41, 5.74) is 12.4. The van der Waals surface area contributed by atoms with Crippen LogP contribution in [0.1, 0.15) is 11.1 Å². The van der Waals surface area contributed by atoms with Crippen LogP contribution in [0.25, 0.3) is 11.1 Å². The molecule has 0 unspecified atom stereocenters. The van der Waals surface area contributed by atoms with Crippen molar-refractivity contribution in [3.05, 3.63) is 151 Å². The van der Waals surface area contributed by atoms with Crippen LogP contribution >= 0.6 is 0 Å². The van der Waals surface area contributed by atoms with E-state index in [1.807, 2.05) is 66.7 Å². The van der Waals surface area contributed by atoms with E-state index in [1.54, 1.807) is 0 Å². The molecule has 0 atom stereocenters. The van der Waals surface area contributed by atoms with E-state index in [4.69, 9.17) is 0 Å². The molecule has 0 fully saturated rings. The van der Waals surface area contributed by atoms with Gasteiger partial charge in [0.1, 0.15) is 12.1 Å². The summed E-state index contributed by atoms with van der Waals surface area (Å²) in [6, 6.07) is 52.4. The number of fused-ring (bicyclic) bond motifs is 4. The predicted octanol–water partition coefficient (Wildman–Crippen LogP) is 7.18. The molecule has 0 saturated heterocycles. The second kappa shape index (κ2) is 9.81. The third-order valence-corrected chi connectivity index (χ3v) is 8.49. The summed E-state index contributed by atoms with van der Waals surface area (Å²) < 4.78 is 0. The molecule has 2 heterocycles. The van der Waals surface area contributed by atoms with Crippen molar-refractivity contribution in [2.24, 2.45) is 0 Å². The van der Waals surface area contributed by atoms with Gasteiger partial charge in [0.25, 0.3) is 6.71 Å². The molecule has 4 nitrogen and oxygen atoms in total. The smallest absolute Gasteiger partial charge is 0.252 e. The van der Waals surface area contributed by atoms with Gasteiger partial charge in [-0.05, 0) is 76.0 Å². The average molecular weight is 546 g/mol. The van der Waals surface area contributed by atoms with E-state index in [9.17, 15) is 10.5 Å². The van der Waals surface area contributed by atoms with Crippen LogP contribution in [0.3, 0.4) is 0 Å². The van der Waals surface area contributed by atoms with Gasteiger partial charge in [0.15, 0.2) is 0 Å². The van der Waals surface area contributed by atoms with Crippen LogP contribution in [0, 0.1) is 22.7 Å². The molecule has 5 heteroatoms. The molecule has 0 aliphatic carbocycles. The highest BCUT2D eigenvalue weighted by Crippen LogP contribution is 2.47. The Kier molecular flexibility index (Phi) is 5.64. The quantitative estimate of drug-likeness (QED) is 0.220. The molecule has 198 valence electrons. The van der Waals surface area contributed by atoms with Crippen molar-refractivity contribution in [1.29, 1.82) is 10.5 Å². The fourth-order valence-corrected chi connectivity index (χ4v) is 6.76. The SMILES string of the molecule is N#Cc1cccc2c1N(c1ccccc1)c1cc(-c3ccccc3)cc3c1B2c1cccc(C#N)c1N3c1ccccc1. The molecule has 0 N–H and O–H groups in total. The Labute approximate surface area is 251 Å². The highest BCUT2D eigenvalue weighted by atomic mass is 15.2. The minimum atomic E-state index is -0.165. The van der Waals surface area contributed by atoms with Crippen molar-refractivity contribution in [2.75, 3.05) is 9.80 Å². The van der Waals surface area contributed by atoms with Crippen molar-refractivity contribution < 1.29 is 0 Å². The summed E-state index contributed by atoms with van der Waals surface area (Å²) in [6.07, 6.45) is 0. The Balaban J connectivity index is 1.56. The number of para-hydroxylation sites is 4. The minimum absolute atomic E-state index is 0.165. The Hall–Kier alpha value is -6.04. The van der Waals surface area contributed by atoms with Crippen LogP contribution in [0.5, 0.6) is 0 Å². The Morgan fingerprint density at radius 1 is 0.465 bits per heavy atom. The molecule has 0 radical (unpaired) electrons. The lowest BCUT2D eigenvalue weighted by Gasteiger charge is -2.44. The van der Waals surface area contributed by atoms with Crippen LogP contribution in [0.15, 0.2) is 140 Å². The lowest BCUT2D eigenvalue weighted by molar-refractivity contribution is 1.24. The lowest BCUT2D eigenvalue weighted by atomic mass is 9.33. The van der Waals surface area contributed by atoms with Gasteiger partial charge in [-0.2, -0.15) is 10.5 Å². The fraction of sp³-hybridized carbons (Fsp3) is 0. The zero-order valence-corrected chi connectivity index (χ0v) is 23.1.